The van der Waals surface area contributed by atoms with Crippen molar-refractivity contribution in [3.63, 3.8) is 0 Å². The van der Waals surface area contributed by atoms with Gasteiger partial charge in [-0.05, 0) is 81.8 Å². The van der Waals surface area contributed by atoms with Gasteiger partial charge in [-0.2, -0.15) is 5.10 Å². The SMILES string of the molecule is CCOc1ccc(-c2ccc(=O)n(CC(=O)Nc3ccc(N(CC)CC)cc3C)n2)cc1. The molecule has 168 valence electrons. The molecule has 3 aromatic rings. The Morgan fingerprint density at radius 3 is 2.38 bits per heavy atom. The van der Waals surface area contributed by atoms with Gasteiger partial charge in [-0.1, -0.05) is 0 Å². The van der Waals surface area contributed by atoms with E-state index in [9.17, 15) is 9.59 Å². The van der Waals surface area contributed by atoms with Crippen LogP contribution in [0.25, 0.3) is 11.3 Å². The zero-order valence-corrected chi connectivity index (χ0v) is 19.1. The molecular formula is C25H30N4O3. The van der Waals surface area contributed by atoms with Crippen molar-refractivity contribution in [1.82, 2.24) is 9.78 Å². The van der Waals surface area contributed by atoms with Crippen molar-refractivity contribution >= 4 is 17.3 Å². The lowest BCUT2D eigenvalue weighted by Gasteiger charge is -2.22. The Morgan fingerprint density at radius 1 is 1.03 bits per heavy atom. The maximum Gasteiger partial charge on any atom is 0.267 e. The fraction of sp³-hybridized carbons (Fsp3) is 0.320. The van der Waals surface area contributed by atoms with Gasteiger partial charge in [-0.25, -0.2) is 4.68 Å². The monoisotopic (exact) mass is 434 g/mol. The topological polar surface area (TPSA) is 76.5 Å². The maximum atomic E-state index is 12.6. The predicted octanol–water partition coefficient (Wildman–Crippen LogP) is 4.10. The van der Waals surface area contributed by atoms with Crippen LogP contribution in [0.2, 0.25) is 0 Å². The number of rotatable bonds is 9. The number of nitrogens with zero attached hydrogens (tertiary/aromatic N) is 3. The molecule has 0 spiro atoms. The van der Waals surface area contributed by atoms with E-state index in [1.807, 2.05) is 50.2 Å². The number of nitrogens with one attached hydrogen (secondary N) is 1. The lowest BCUT2D eigenvalue weighted by molar-refractivity contribution is -0.117. The minimum absolute atomic E-state index is 0.166. The van der Waals surface area contributed by atoms with Gasteiger partial charge in [-0.3, -0.25) is 9.59 Å². The van der Waals surface area contributed by atoms with E-state index < -0.39 is 0 Å². The minimum Gasteiger partial charge on any atom is -0.494 e. The molecule has 0 saturated heterocycles. The third kappa shape index (κ3) is 5.55. The van der Waals surface area contributed by atoms with Crippen LogP contribution in [-0.4, -0.2) is 35.4 Å². The number of amides is 1. The van der Waals surface area contributed by atoms with Crippen molar-refractivity contribution in [1.29, 1.82) is 0 Å². The minimum atomic E-state index is -0.330. The third-order valence-electron chi connectivity index (χ3n) is 5.23. The summed E-state index contributed by atoms with van der Waals surface area (Å²) in [6.07, 6.45) is 0. The smallest absolute Gasteiger partial charge is 0.267 e. The molecule has 0 atom stereocenters. The molecule has 3 rings (SSSR count). The van der Waals surface area contributed by atoms with E-state index in [1.54, 1.807) is 6.07 Å². The fourth-order valence-electron chi connectivity index (χ4n) is 3.50. The Labute approximate surface area is 188 Å². The van der Waals surface area contributed by atoms with Crippen LogP contribution < -0.4 is 20.5 Å². The first kappa shape index (κ1) is 23.1. The van der Waals surface area contributed by atoms with Gasteiger partial charge in [0.15, 0.2) is 0 Å². The van der Waals surface area contributed by atoms with Crippen molar-refractivity contribution in [3.8, 4) is 17.0 Å². The second kappa shape index (κ2) is 10.6. The molecule has 1 heterocycles. The molecule has 0 aliphatic carbocycles. The van der Waals surface area contributed by atoms with E-state index in [-0.39, 0.29) is 18.0 Å². The summed E-state index contributed by atoms with van der Waals surface area (Å²) in [5.74, 6) is 0.466. The van der Waals surface area contributed by atoms with Crippen molar-refractivity contribution in [2.24, 2.45) is 0 Å². The van der Waals surface area contributed by atoms with Gasteiger partial charge in [0.25, 0.3) is 5.56 Å². The lowest BCUT2D eigenvalue weighted by Crippen LogP contribution is -2.29. The molecule has 2 aromatic carbocycles. The van der Waals surface area contributed by atoms with Gasteiger partial charge in [0.1, 0.15) is 12.3 Å². The average Bonchev–Trinajstić information content (AvgIpc) is 2.79. The molecule has 0 fully saturated rings. The number of aryl methyl sites for hydroxylation is 1. The Bertz CT molecular complexity index is 1120. The first-order valence-corrected chi connectivity index (χ1v) is 10.9. The lowest BCUT2D eigenvalue weighted by atomic mass is 10.1. The molecule has 1 amide bonds. The van der Waals surface area contributed by atoms with Gasteiger partial charge in [0.2, 0.25) is 5.91 Å². The number of carbonyl (C=O) groups is 1. The first-order chi connectivity index (χ1) is 15.4. The predicted molar refractivity (Wildman–Crippen MR) is 128 cm³/mol. The zero-order valence-electron chi connectivity index (χ0n) is 19.1. The highest BCUT2D eigenvalue weighted by molar-refractivity contribution is 5.91. The Kier molecular flexibility index (Phi) is 7.65. The van der Waals surface area contributed by atoms with Crippen LogP contribution in [0.5, 0.6) is 5.75 Å². The fourth-order valence-corrected chi connectivity index (χ4v) is 3.50. The van der Waals surface area contributed by atoms with Crippen LogP contribution in [0.3, 0.4) is 0 Å². The van der Waals surface area contributed by atoms with Gasteiger partial charge in [-0.15, -0.1) is 0 Å². The number of ether oxygens (including phenoxy) is 1. The van der Waals surface area contributed by atoms with Gasteiger partial charge < -0.3 is 15.0 Å². The molecule has 0 aliphatic heterocycles. The Morgan fingerprint density at radius 2 is 1.75 bits per heavy atom. The average molecular weight is 435 g/mol. The number of hydrogen-bond acceptors (Lipinski definition) is 5. The number of carbonyl (C=O) groups excluding carboxylic acids is 1. The summed E-state index contributed by atoms with van der Waals surface area (Å²) < 4.78 is 6.64. The van der Waals surface area contributed by atoms with E-state index in [0.29, 0.717) is 12.3 Å². The quantitative estimate of drug-likeness (QED) is 0.549. The second-order valence-electron chi connectivity index (χ2n) is 7.39. The van der Waals surface area contributed by atoms with Gasteiger partial charge in [0, 0.05) is 36.1 Å². The van der Waals surface area contributed by atoms with Crippen molar-refractivity contribution in [2.45, 2.75) is 34.2 Å². The summed E-state index contributed by atoms with van der Waals surface area (Å²) in [5.41, 5.74) is 3.92. The third-order valence-corrected chi connectivity index (χ3v) is 5.23. The standard InChI is InChI=1S/C25H30N4O3/c1-5-28(6-2)20-10-13-22(18(4)16-20)26-24(30)17-29-25(31)15-14-23(27-29)19-8-11-21(12-9-19)32-7-3/h8-16H,5-7,17H2,1-4H3,(H,26,30). The van der Waals surface area contributed by atoms with Crippen LogP contribution >= 0.6 is 0 Å². The van der Waals surface area contributed by atoms with Crippen LogP contribution in [0.1, 0.15) is 26.3 Å². The van der Waals surface area contributed by atoms with Gasteiger partial charge in [0.05, 0.1) is 12.3 Å². The van der Waals surface area contributed by atoms with E-state index in [1.165, 1.54) is 10.7 Å². The molecule has 7 heteroatoms. The summed E-state index contributed by atoms with van der Waals surface area (Å²) >= 11 is 0. The van der Waals surface area contributed by atoms with E-state index in [4.69, 9.17) is 4.74 Å². The normalized spacial score (nSPS) is 10.6. The highest BCUT2D eigenvalue weighted by atomic mass is 16.5. The molecule has 1 N–H and O–H groups in total. The van der Waals surface area contributed by atoms with E-state index in [2.05, 4.69) is 35.2 Å². The number of anilines is 2. The highest BCUT2D eigenvalue weighted by Crippen LogP contribution is 2.23. The summed E-state index contributed by atoms with van der Waals surface area (Å²) in [4.78, 5) is 27.2. The highest BCUT2D eigenvalue weighted by Gasteiger charge is 2.11. The van der Waals surface area contributed by atoms with E-state index in [0.717, 1.165) is 41.3 Å². The molecule has 0 aliphatic rings. The van der Waals surface area contributed by atoms with Crippen molar-refractivity contribution in [2.75, 3.05) is 29.9 Å². The Hall–Kier alpha value is -3.61. The van der Waals surface area contributed by atoms with Crippen LogP contribution in [0.4, 0.5) is 11.4 Å². The molecular weight excluding hydrogens is 404 g/mol. The molecule has 0 unspecified atom stereocenters. The number of benzene rings is 2. The van der Waals surface area contributed by atoms with Crippen LogP contribution in [0, 0.1) is 6.92 Å². The molecule has 7 nitrogen and oxygen atoms in total. The maximum absolute atomic E-state index is 12.6. The zero-order chi connectivity index (χ0) is 23.1. The van der Waals surface area contributed by atoms with Crippen LogP contribution in [-0.2, 0) is 11.3 Å². The van der Waals surface area contributed by atoms with Gasteiger partial charge >= 0.3 is 0 Å². The van der Waals surface area contributed by atoms with Crippen molar-refractivity contribution in [3.05, 3.63) is 70.5 Å². The van der Waals surface area contributed by atoms with Crippen LogP contribution in [0.15, 0.2) is 59.4 Å². The molecule has 0 saturated carbocycles. The number of hydrogen-bond donors (Lipinski definition) is 1. The molecule has 0 bridgehead atoms. The summed E-state index contributed by atoms with van der Waals surface area (Å²) in [5, 5.41) is 7.27. The first-order valence-electron chi connectivity index (χ1n) is 10.9. The summed E-state index contributed by atoms with van der Waals surface area (Å²) in [6, 6.07) is 16.5. The van der Waals surface area contributed by atoms with Crippen molar-refractivity contribution < 1.29 is 9.53 Å². The van der Waals surface area contributed by atoms with E-state index >= 15 is 0 Å². The Balaban J connectivity index is 1.74. The largest absolute Gasteiger partial charge is 0.494 e. The molecule has 1 aromatic heterocycles. The summed E-state index contributed by atoms with van der Waals surface area (Å²) in [6.45, 7) is 10.4. The second-order valence-corrected chi connectivity index (χ2v) is 7.39. The summed E-state index contributed by atoms with van der Waals surface area (Å²) in [7, 11) is 0. The molecule has 32 heavy (non-hydrogen) atoms. The number of aromatic nitrogens is 2. The molecule has 0 radical (unpaired) electrons.